The van der Waals surface area contributed by atoms with Crippen LogP contribution >= 0.6 is 0 Å². The second-order valence-corrected chi connectivity index (χ2v) is 4.99. The number of hydrogen-bond acceptors (Lipinski definition) is 3. The maximum Gasteiger partial charge on any atom is 0.123 e. The fourth-order valence-corrected chi connectivity index (χ4v) is 2.44. The van der Waals surface area contributed by atoms with E-state index >= 15 is 0 Å². The minimum atomic E-state index is -0.178. The molecule has 2 rings (SSSR count). The van der Waals surface area contributed by atoms with E-state index in [0.29, 0.717) is 6.04 Å². The Kier molecular flexibility index (Phi) is 4.55. The molecule has 1 aliphatic rings. The molecule has 0 bridgehead atoms. The molecule has 1 heterocycles. The van der Waals surface area contributed by atoms with Crippen LogP contribution < -0.4 is 10.2 Å². The predicted octanol–water partition coefficient (Wildman–Crippen LogP) is 1.56. The molecule has 0 spiro atoms. The van der Waals surface area contributed by atoms with E-state index in [-0.39, 0.29) is 5.82 Å². The first-order valence-corrected chi connectivity index (χ1v) is 6.58. The van der Waals surface area contributed by atoms with Crippen molar-refractivity contribution in [3.63, 3.8) is 0 Å². The van der Waals surface area contributed by atoms with E-state index in [9.17, 15) is 4.39 Å². The Labute approximate surface area is 109 Å². The summed E-state index contributed by atoms with van der Waals surface area (Å²) >= 11 is 0. The molecule has 0 aliphatic carbocycles. The van der Waals surface area contributed by atoms with Crippen LogP contribution in [0.15, 0.2) is 24.3 Å². The Morgan fingerprint density at radius 1 is 1.28 bits per heavy atom. The molecule has 1 aromatic carbocycles. The number of piperazine rings is 1. The van der Waals surface area contributed by atoms with Gasteiger partial charge in [-0.3, -0.25) is 4.90 Å². The number of halogens is 1. The van der Waals surface area contributed by atoms with Crippen molar-refractivity contribution in [1.29, 1.82) is 0 Å². The minimum Gasteiger partial charge on any atom is -0.373 e. The maximum atomic E-state index is 12.9. The molecule has 100 valence electrons. The van der Waals surface area contributed by atoms with Gasteiger partial charge in [0.2, 0.25) is 0 Å². The Morgan fingerprint density at radius 2 is 1.89 bits per heavy atom. The normalized spacial score (nSPS) is 18.6. The predicted molar refractivity (Wildman–Crippen MR) is 73.6 cm³/mol. The monoisotopic (exact) mass is 251 g/mol. The molecule has 1 aromatic rings. The van der Waals surface area contributed by atoms with Crippen molar-refractivity contribution in [3.05, 3.63) is 30.1 Å². The lowest BCUT2D eigenvalue weighted by atomic mass is 10.2. The van der Waals surface area contributed by atoms with Crippen molar-refractivity contribution in [2.75, 3.05) is 44.7 Å². The van der Waals surface area contributed by atoms with Crippen LogP contribution in [0.3, 0.4) is 0 Å². The summed E-state index contributed by atoms with van der Waals surface area (Å²) in [6, 6.07) is 7.21. The third-order valence-electron chi connectivity index (χ3n) is 3.58. The molecule has 1 atom stereocenters. The van der Waals surface area contributed by atoms with Gasteiger partial charge in [-0.05, 0) is 31.2 Å². The molecule has 1 aliphatic heterocycles. The lowest BCUT2D eigenvalue weighted by molar-refractivity contribution is 0.187. The molecule has 1 fully saturated rings. The molecule has 1 N–H and O–H groups in total. The van der Waals surface area contributed by atoms with Crippen LogP contribution in [0.4, 0.5) is 10.1 Å². The molecule has 0 aromatic heterocycles. The number of benzene rings is 1. The zero-order chi connectivity index (χ0) is 13.0. The molecule has 1 unspecified atom stereocenters. The zero-order valence-corrected chi connectivity index (χ0v) is 11.2. The molecule has 0 radical (unpaired) electrons. The maximum absolute atomic E-state index is 12.9. The lowest BCUT2D eigenvalue weighted by Gasteiger charge is -2.35. The third kappa shape index (κ3) is 3.43. The topological polar surface area (TPSA) is 18.5 Å². The van der Waals surface area contributed by atoms with Gasteiger partial charge < -0.3 is 10.2 Å². The summed E-state index contributed by atoms with van der Waals surface area (Å²) in [5, 5.41) is 3.36. The number of nitrogens with one attached hydrogen (secondary N) is 1. The van der Waals surface area contributed by atoms with Gasteiger partial charge in [-0.15, -0.1) is 0 Å². The van der Waals surface area contributed by atoms with Crippen LogP contribution in [-0.2, 0) is 0 Å². The summed E-state index contributed by atoms with van der Waals surface area (Å²) in [7, 11) is 2.06. The van der Waals surface area contributed by atoms with E-state index in [1.807, 2.05) is 12.1 Å². The van der Waals surface area contributed by atoms with Gasteiger partial charge in [0.1, 0.15) is 5.82 Å². The van der Waals surface area contributed by atoms with Gasteiger partial charge in [-0.1, -0.05) is 0 Å². The Morgan fingerprint density at radius 3 is 2.50 bits per heavy atom. The highest BCUT2D eigenvalue weighted by Gasteiger charge is 2.17. The second-order valence-electron chi connectivity index (χ2n) is 4.99. The van der Waals surface area contributed by atoms with Crippen molar-refractivity contribution in [2.45, 2.75) is 13.0 Å². The number of nitrogens with zero attached hydrogens (tertiary/aromatic N) is 2. The summed E-state index contributed by atoms with van der Waals surface area (Å²) in [5.74, 6) is -0.178. The number of likely N-dealkylation sites (N-methyl/N-ethyl adjacent to an activating group) is 1. The van der Waals surface area contributed by atoms with Crippen molar-refractivity contribution in [1.82, 2.24) is 10.2 Å². The van der Waals surface area contributed by atoms with Crippen molar-refractivity contribution in [2.24, 2.45) is 0 Å². The average molecular weight is 251 g/mol. The van der Waals surface area contributed by atoms with Gasteiger partial charge in [0.25, 0.3) is 0 Å². The molecule has 1 saturated heterocycles. The molecule has 0 saturated carbocycles. The van der Waals surface area contributed by atoms with Gasteiger partial charge in [-0.2, -0.15) is 0 Å². The Bertz CT molecular complexity index is 360. The lowest BCUT2D eigenvalue weighted by Crippen LogP contribution is -2.50. The molecular weight excluding hydrogens is 229 g/mol. The largest absolute Gasteiger partial charge is 0.373 e. The minimum absolute atomic E-state index is 0.178. The van der Waals surface area contributed by atoms with Crippen molar-refractivity contribution >= 4 is 5.69 Å². The van der Waals surface area contributed by atoms with Gasteiger partial charge in [0.15, 0.2) is 0 Å². The van der Waals surface area contributed by atoms with E-state index in [1.54, 1.807) is 0 Å². The smallest absolute Gasteiger partial charge is 0.123 e. The van der Waals surface area contributed by atoms with E-state index in [4.69, 9.17) is 0 Å². The van der Waals surface area contributed by atoms with E-state index in [2.05, 4.69) is 29.1 Å². The zero-order valence-electron chi connectivity index (χ0n) is 11.2. The van der Waals surface area contributed by atoms with Crippen LogP contribution in [0.25, 0.3) is 0 Å². The first-order chi connectivity index (χ1) is 8.66. The van der Waals surface area contributed by atoms with E-state index in [1.165, 1.54) is 12.1 Å². The van der Waals surface area contributed by atoms with Crippen LogP contribution in [0, 0.1) is 5.82 Å². The summed E-state index contributed by atoms with van der Waals surface area (Å²) in [6.07, 6.45) is 0. The Balaban J connectivity index is 1.89. The molecule has 0 amide bonds. The van der Waals surface area contributed by atoms with E-state index in [0.717, 1.165) is 38.4 Å². The highest BCUT2D eigenvalue weighted by Crippen LogP contribution is 2.14. The second kappa shape index (κ2) is 6.16. The number of rotatable bonds is 4. The molecule has 4 heteroatoms. The van der Waals surface area contributed by atoms with Crippen molar-refractivity contribution in [3.8, 4) is 0 Å². The molecule has 18 heavy (non-hydrogen) atoms. The van der Waals surface area contributed by atoms with Gasteiger partial charge >= 0.3 is 0 Å². The van der Waals surface area contributed by atoms with Gasteiger partial charge in [0, 0.05) is 51.5 Å². The average Bonchev–Trinajstić information content (AvgIpc) is 2.40. The quantitative estimate of drug-likeness (QED) is 0.876. The van der Waals surface area contributed by atoms with Crippen LogP contribution in [-0.4, -0.2) is 50.7 Å². The van der Waals surface area contributed by atoms with E-state index < -0.39 is 0 Å². The molecule has 3 nitrogen and oxygen atoms in total. The van der Waals surface area contributed by atoms with Crippen LogP contribution in [0.2, 0.25) is 0 Å². The SMILES string of the molecule is CC(CN(C)c1ccc(F)cc1)N1CCNCC1. The fraction of sp³-hybridized carbons (Fsp3) is 0.571. The van der Waals surface area contributed by atoms with Gasteiger partial charge in [0.05, 0.1) is 0 Å². The number of hydrogen-bond donors (Lipinski definition) is 1. The summed E-state index contributed by atoms with van der Waals surface area (Å²) in [4.78, 5) is 4.68. The standard InChI is InChI=1S/C14H22FN3/c1-12(18-9-7-16-8-10-18)11-17(2)14-5-3-13(15)4-6-14/h3-6,12,16H,7-11H2,1-2H3. The third-order valence-corrected chi connectivity index (χ3v) is 3.58. The highest BCUT2D eigenvalue weighted by molar-refractivity contribution is 5.45. The summed E-state index contributed by atoms with van der Waals surface area (Å²) < 4.78 is 12.9. The van der Waals surface area contributed by atoms with Gasteiger partial charge in [-0.25, -0.2) is 4.39 Å². The van der Waals surface area contributed by atoms with Crippen LogP contribution in [0.1, 0.15) is 6.92 Å². The Hall–Kier alpha value is -1.13. The summed E-state index contributed by atoms with van der Waals surface area (Å²) in [6.45, 7) is 7.59. The first kappa shape index (κ1) is 13.3. The summed E-state index contributed by atoms with van der Waals surface area (Å²) in [5.41, 5.74) is 1.07. The van der Waals surface area contributed by atoms with Crippen molar-refractivity contribution < 1.29 is 4.39 Å². The number of anilines is 1. The first-order valence-electron chi connectivity index (χ1n) is 6.58. The fourth-order valence-electron chi connectivity index (χ4n) is 2.44. The molecular formula is C14H22FN3. The highest BCUT2D eigenvalue weighted by atomic mass is 19.1. The van der Waals surface area contributed by atoms with Crippen LogP contribution in [0.5, 0.6) is 0 Å².